The molecule has 0 amide bonds. The molecule has 5 nitrogen and oxygen atoms in total. The Kier molecular flexibility index (Phi) is 5.96. The number of carboxylic acid groups (broad SMARTS) is 2. The number of carbonyl (C=O) groups is 2. The highest BCUT2D eigenvalue weighted by Crippen LogP contribution is 2.58. The molecule has 8 heteroatoms. The second-order valence-corrected chi connectivity index (χ2v) is 7.84. The topological polar surface area (TPSA) is 87.0 Å². The van der Waals surface area contributed by atoms with Gasteiger partial charge in [-0.15, -0.1) is 11.6 Å². The van der Waals surface area contributed by atoms with Crippen LogP contribution in [-0.4, -0.2) is 39.8 Å². The predicted octanol–water partition coefficient (Wildman–Crippen LogP) is 4.73. The van der Waals surface area contributed by atoms with E-state index in [0.717, 1.165) is 0 Å². The molecule has 1 heterocycles. The van der Waals surface area contributed by atoms with Gasteiger partial charge in [0.2, 0.25) is 0 Å². The van der Waals surface area contributed by atoms with E-state index in [2.05, 4.69) is 4.99 Å². The van der Waals surface area contributed by atoms with Crippen LogP contribution in [0.15, 0.2) is 23.2 Å². The molecule has 0 saturated carbocycles. The summed E-state index contributed by atoms with van der Waals surface area (Å²) in [7, 11) is 0. The highest BCUT2D eigenvalue weighted by atomic mass is 35.5. The number of alkyl halides is 1. The number of aliphatic carboxylic acids is 2. The SMILES string of the molecule is CCC1(C(=O)O)C(CCl)N=C(C)C(C)(C(=O)O)C1c1ccc(Cl)cc1Cl. The van der Waals surface area contributed by atoms with Crippen molar-refractivity contribution in [3.8, 4) is 0 Å². The molecular weight excluding hydrogens is 401 g/mol. The van der Waals surface area contributed by atoms with Crippen LogP contribution in [0.1, 0.15) is 38.7 Å². The van der Waals surface area contributed by atoms with Gasteiger partial charge in [-0.05, 0) is 38.0 Å². The van der Waals surface area contributed by atoms with Crippen molar-refractivity contribution >= 4 is 52.5 Å². The second kappa shape index (κ2) is 7.37. The Balaban J connectivity index is 2.95. The molecule has 1 aliphatic heterocycles. The average molecular weight is 421 g/mol. The van der Waals surface area contributed by atoms with E-state index >= 15 is 0 Å². The largest absolute Gasteiger partial charge is 0.481 e. The van der Waals surface area contributed by atoms with Crippen LogP contribution in [0.5, 0.6) is 0 Å². The van der Waals surface area contributed by atoms with E-state index in [9.17, 15) is 19.8 Å². The van der Waals surface area contributed by atoms with Crippen molar-refractivity contribution in [2.24, 2.45) is 15.8 Å². The Morgan fingerprint density at radius 2 is 1.85 bits per heavy atom. The third-order valence-corrected chi connectivity index (χ3v) is 6.49. The van der Waals surface area contributed by atoms with E-state index in [0.29, 0.717) is 16.3 Å². The number of hydrogen-bond donors (Lipinski definition) is 2. The zero-order valence-corrected chi connectivity index (χ0v) is 16.9. The van der Waals surface area contributed by atoms with Gasteiger partial charge in [-0.25, -0.2) is 0 Å². The molecule has 0 bridgehead atoms. The Labute approximate surface area is 167 Å². The summed E-state index contributed by atoms with van der Waals surface area (Å²) in [5.41, 5.74) is -2.35. The van der Waals surface area contributed by atoms with Gasteiger partial charge in [-0.1, -0.05) is 36.2 Å². The summed E-state index contributed by atoms with van der Waals surface area (Å²) >= 11 is 18.4. The van der Waals surface area contributed by atoms with Gasteiger partial charge in [0.15, 0.2) is 0 Å². The smallest absolute Gasteiger partial charge is 0.315 e. The van der Waals surface area contributed by atoms with E-state index in [1.807, 2.05) is 0 Å². The third-order valence-electron chi connectivity index (χ3n) is 5.64. The van der Waals surface area contributed by atoms with Crippen molar-refractivity contribution in [1.29, 1.82) is 0 Å². The minimum absolute atomic E-state index is 0.0467. The zero-order valence-electron chi connectivity index (χ0n) is 14.6. The maximum Gasteiger partial charge on any atom is 0.315 e. The average Bonchev–Trinajstić information content (AvgIpc) is 2.57. The lowest BCUT2D eigenvalue weighted by Gasteiger charge is -2.51. The van der Waals surface area contributed by atoms with Crippen molar-refractivity contribution < 1.29 is 19.8 Å². The molecule has 0 saturated heterocycles. The minimum atomic E-state index is -1.56. The maximum absolute atomic E-state index is 12.5. The molecule has 2 N–H and O–H groups in total. The number of nitrogens with zero attached hydrogens (tertiary/aromatic N) is 1. The fraction of sp³-hybridized carbons (Fsp3) is 0.500. The highest BCUT2D eigenvalue weighted by Gasteiger charge is 2.64. The first-order valence-electron chi connectivity index (χ1n) is 8.09. The number of hydrogen-bond acceptors (Lipinski definition) is 3. The highest BCUT2D eigenvalue weighted by molar-refractivity contribution is 6.35. The van der Waals surface area contributed by atoms with E-state index in [1.54, 1.807) is 26.0 Å². The molecule has 0 radical (unpaired) electrons. The van der Waals surface area contributed by atoms with Gasteiger partial charge >= 0.3 is 11.9 Å². The standard InChI is InChI=1S/C18H20Cl3NO4/c1-4-18(16(25)26)13(8-19)22-9(2)17(3,15(23)24)14(18)11-6-5-10(20)7-12(11)21/h5-7,13-14H,4,8H2,1-3H3,(H,23,24)(H,25,26). The fourth-order valence-electron chi connectivity index (χ4n) is 4.03. The summed E-state index contributed by atoms with van der Waals surface area (Å²) in [5, 5.41) is 20.8. The van der Waals surface area contributed by atoms with E-state index in [4.69, 9.17) is 34.8 Å². The molecule has 4 atom stereocenters. The van der Waals surface area contributed by atoms with Gasteiger partial charge in [0, 0.05) is 27.6 Å². The summed E-state index contributed by atoms with van der Waals surface area (Å²) < 4.78 is 0. The number of rotatable bonds is 5. The molecule has 1 aromatic carbocycles. The lowest BCUT2D eigenvalue weighted by atomic mass is 9.53. The summed E-state index contributed by atoms with van der Waals surface area (Å²) in [5.74, 6) is -3.33. The molecule has 0 fully saturated rings. The monoisotopic (exact) mass is 419 g/mol. The molecule has 0 aromatic heterocycles. The first-order chi connectivity index (χ1) is 12.1. The fourth-order valence-corrected chi connectivity index (χ4v) is 4.89. The second-order valence-electron chi connectivity index (χ2n) is 6.69. The zero-order chi connectivity index (χ0) is 19.9. The number of halogens is 3. The van der Waals surface area contributed by atoms with Gasteiger partial charge in [0.1, 0.15) is 5.41 Å². The van der Waals surface area contributed by atoms with Gasteiger partial charge < -0.3 is 10.2 Å². The van der Waals surface area contributed by atoms with Crippen LogP contribution in [-0.2, 0) is 9.59 Å². The van der Waals surface area contributed by atoms with Crippen molar-refractivity contribution in [1.82, 2.24) is 0 Å². The van der Waals surface area contributed by atoms with Crippen LogP contribution in [0.2, 0.25) is 10.0 Å². The van der Waals surface area contributed by atoms with E-state index in [1.165, 1.54) is 13.0 Å². The molecule has 0 spiro atoms. The normalized spacial score (nSPS) is 31.4. The Morgan fingerprint density at radius 1 is 1.23 bits per heavy atom. The molecule has 26 heavy (non-hydrogen) atoms. The molecule has 1 aliphatic rings. The molecular formula is C18H20Cl3NO4. The summed E-state index contributed by atoms with van der Waals surface area (Å²) in [6, 6.07) is 3.87. The van der Waals surface area contributed by atoms with E-state index in [-0.39, 0.29) is 17.3 Å². The van der Waals surface area contributed by atoms with Crippen LogP contribution in [0.3, 0.4) is 0 Å². The van der Waals surface area contributed by atoms with Crippen LogP contribution < -0.4 is 0 Å². The Morgan fingerprint density at radius 3 is 2.27 bits per heavy atom. The minimum Gasteiger partial charge on any atom is -0.481 e. The Hall–Kier alpha value is -1.30. The quantitative estimate of drug-likeness (QED) is 0.674. The summed E-state index contributed by atoms with van der Waals surface area (Å²) in [6.45, 7) is 4.77. The van der Waals surface area contributed by atoms with Crippen molar-refractivity contribution in [2.45, 2.75) is 39.2 Å². The lowest BCUT2D eigenvalue weighted by Crippen LogP contribution is -2.59. The number of aliphatic imine (C=N–C) groups is 1. The van der Waals surface area contributed by atoms with Crippen molar-refractivity contribution in [3.63, 3.8) is 0 Å². The van der Waals surface area contributed by atoms with Crippen LogP contribution >= 0.6 is 34.8 Å². The van der Waals surface area contributed by atoms with Gasteiger partial charge in [0.25, 0.3) is 0 Å². The molecule has 2 rings (SSSR count). The third kappa shape index (κ3) is 2.90. The van der Waals surface area contributed by atoms with Crippen LogP contribution in [0.25, 0.3) is 0 Å². The number of benzene rings is 1. The van der Waals surface area contributed by atoms with Crippen molar-refractivity contribution in [3.05, 3.63) is 33.8 Å². The van der Waals surface area contributed by atoms with Gasteiger partial charge in [0.05, 0.1) is 11.5 Å². The number of carboxylic acids is 2. The summed E-state index contributed by atoms with van der Waals surface area (Å²) in [6.07, 6.45) is 0.142. The first kappa shape index (κ1) is 21.0. The van der Waals surface area contributed by atoms with Crippen LogP contribution in [0, 0.1) is 10.8 Å². The molecule has 4 unspecified atom stereocenters. The van der Waals surface area contributed by atoms with Crippen LogP contribution in [0.4, 0.5) is 0 Å². The maximum atomic E-state index is 12.5. The van der Waals surface area contributed by atoms with Crippen molar-refractivity contribution in [2.75, 3.05) is 5.88 Å². The first-order valence-corrected chi connectivity index (χ1v) is 9.38. The lowest BCUT2D eigenvalue weighted by molar-refractivity contribution is -0.159. The molecule has 0 aliphatic carbocycles. The van der Waals surface area contributed by atoms with Gasteiger partial charge in [-0.3, -0.25) is 14.6 Å². The Bertz CT molecular complexity index is 782. The predicted molar refractivity (Wildman–Crippen MR) is 103 cm³/mol. The van der Waals surface area contributed by atoms with E-state index < -0.39 is 34.7 Å². The van der Waals surface area contributed by atoms with Gasteiger partial charge in [-0.2, -0.15) is 0 Å². The summed E-state index contributed by atoms with van der Waals surface area (Å²) in [4.78, 5) is 29.2. The molecule has 142 valence electrons. The molecule has 1 aromatic rings.